The molecule has 6 aromatic rings. The lowest BCUT2D eigenvalue weighted by Gasteiger charge is -2.14. The lowest BCUT2D eigenvalue weighted by atomic mass is 9.98. The quantitative estimate of drug-likeness (QED) is 0.115. The van der Waals surface area contributed by atoms with E-state index in [9.17, 15) is 0 Å². The highest BCUT2D eigenvalue weighted by Gasteiger charge is 2.14. The van der Waals surface area contributed by atoms with Gasteiger partial charge in [0.1, 0.15) is 0 Å². The largest absolute Gasteiger partial charge is 0.327 e. The van der Waals surface area contributed by atoms with Gasteiger partial charge in [0.05, 0.1) is 34.2 Å². The molecule has 1 unspecified atom stereocenters. The van der Waals surface area contributed by atoms with Crippen LogP contribution >= 0.6 is 45.3 Å². The fourth-order valence-electron chi connectivity index (χ4n) is 5.21. The molecule has 4 heterocycles. The highest BCUT2D eigenvalue weighted by atomic mass is 32.1. The lowest BCUT2D eigenvalue weighted by Crippen LogP contribution is -2.25. The molecular formula is C37H33N5S4. The number of aliphatic imine (C=N–C) groups is 4. The fourth-order valence-corrected chi connectivity index (χ4v) is 8.06. The summed E-state index contributed by atoms with van der Waals surface area (Å²) in [6.07, 6.45) is 2.93. The Kier molecular flexibility index (Phi) is 10.7. The molecule has 4 aromatic heterocycles. The molecule has 230 valence electrons. The zero-order chi connectivity index (χ0) is 31.7. The average Bonchev–Trinajstić information content (AvgIpc) is 3.90. The Morgan fingerprint density at radius 1 is 0.565 bits per heavy atom. The second-order valence-corrected chi connectivity index (χ2v) is 14.7. The molecule has 0 saturated heterocycles. The molecular weight excluding hydrogens is 643 g/mol. The van der Waals surface area contributed by atoms with E-state index in [1.165, 1.54) is 9.75 Å². The van der Waals surface area contributed by atoms with Crippen molar-refractivity contribution >= 4 is 93.0 Å². The summed E-state index contributed by atoms with van der Waals surface area (Å²) in [4.78, 5) is 23.7. The standard InChI is InChI=1S/C37H33N5S4/c1-39-30-13-11-26(22-33(30)42-35(37-10-6-18-46-37)24-29-8-4-16-44-29)20-27(38)19-25-12-14-31(32(21-25)40-2)41-34(36-9-5-17-45-36)23-28-7-3-15-43-28/h3-18,21-22,27H,1-2,19-20,23-24,38H2/b41-34+,42-35+. The van der Waals surface area contributed by atoms with Crippen LogP contribution in [0.5, 0.6) is 0 Å². The van der Waals surface area contributed by atoms with Crippen LogP contribution in [0.3, 0.4) is 0 Å². The molecule has 5 nitrogen and oxygen atoms in total. The maximum absolute atomic E-state index is 6.74. The van der Waals surface area contributed by atoms with Crippen molar-refractivity contribution < 1.29 is 0 Å². The summed E-state index contributed by atoms with van der Waals surface area (Å²) in [5.41, 5.74) is 14.1. The van der Waals surface area contributed by atoms with Gasteiger partial charge in [-0.05, 0) is 107 Å². The van der Waals surface area contributed by atoms with Gasteiger partial charge < -0.3 is 5.73 Å². The molecule has 46 heavy (non-hydrogen) atoms. The second kappa shape index (κ2) is 15.4. The number of hydrogen-bond acceptors (Lipinski definition) is 9. The molecule has 0 fully saturated rings. The van der Waals surface area contributed by atoms with E-state index in [1.807, 2.05) is 12.1 Å². The number of hydrogen-bond donors (Lipinski definition) is 1. The number of benzene rings is 2. The molecule has 0 aliphatic carbocycles. The first kappa shape index (κ1) is 31.8. The summed E-state index contributed by atoms with van der Waals surface area (Å²) in [5, 5.41) is 8.37. The molecule has 2 N–H and O–H groups in total. The zero-order valence-corrected chi connectivity index (χ0v) is 28.5. The summed E-state index contributed by atoms with van der Waals surface area (Å²) in [6, 6.07) is 29.1. The van der Waals surface area contributed by atoms with Crippen LogP contribution in [0.15, 0.2) is 126 Å². The van der Waals surface area contributed by atoms with Crippen molar-refractivity contribution in [3.63, 3.8) is 0 Å². The number of nitrogens with two attached hydrogens (primary N) is 1. The summed E-state index contributed by atoms with van der Waals surface area (Å²) in [5.74, 6) is 0. The van der Waals surface area contributed by atoms with Crippen molar-refractivity contribution in [2.24, 2.45) is 25.7 Å². The van der Waals surface area contributed by atoms with Gasteiger partial charge in [0.2, 0.25) is 0 Å². The van der Waals surface area contributed by atoms with Gasteiger partial charge >= 0.3 is 0 Å². The second-order valence-electron chi connectivity index (χ2n) is 10.7. The SMILES string of the molecule is C=Nc1cc(CC(N)Cc2ccc(N=C)c(/N=C(\Cc3cccs3)c3cccs3)c2)ccc1/N=C(\Cc1cccs1)c1cccs1. The van der Waals surface area contributed by atoms with E-state index in [0.29, 0.717) is 12.8 Å². The first-order valence-electron chi connectivity index (χ1n) is 14.8. The van der Waals surface area contributed by atoms with Gasteiger partial charge in [-0.1, -0.05) is 36.4 Å². The highest BCUT2D eigenvalue weighted by Crippen LogP contribution is 2.33. The first-order valence-corrected chi connectivity index (χ1v) is 18.3. The Balaban J connectivity index is 1.20. The normalized spacial score (nSPS) is 12.7. The maximum atomic E-state index is 6.74. The van der Waals surface area contributed by atoms with E-state index >= 15 is 0 Å². The number of nitrogens with zero attached hydrogens (tertiary/aromatic N) is 4. The molecule has 0 radical (unpaired) electrons. The van der Waals surface area contributed by atoms with E-state index in [0.717, 1.165) is 67.9 Å². The summed E-state index contributed by atoms with van der Waals surface area (Å²) >= 11 is 6.88. The van der Waals surface area contributed by atoms with Crippen LogP contribution in [0, 0.1) is 0 Å². The van der Waals surface area contributed by atoms with Crippen molar-refractivity contribution in [3.05, 3.63) is 137 Å². The monoisotopic (exact) mass is 675 g/mol. The predicted molar refractivity (Wildman–Crippen MR) is 204 cm³/mol. The Labute approximate surface area is 285 Å². The van der Waals surface area contributed by atoms with Crippen LogP contribution in [0.4, 0.5) is 22.7 Å². The molecule has 0 aliphatic rings. The highest BCUT2D eigenvalue weighted by molar-refractivity contribution is 7.13. The minimum Gasteiger partial charge on any atom is -0.327 e. The van der Waals surface area contributed by atoms with Crippen molar-refractivity contribution in [1.82, 2.24) is 0 Å². The Bertz CT molecular complexity index is 1930. The number of rotatable bonds is 14. The zero-order valence-electron chi connectivity index (χ0n) is 25.2. The van der Waals surface area contributed by atoms with Crippen molar-refractivity contribution in [2.45, 2.75) is 31.7 Å². The predicted octanol–water partition coefficient (Wildman–Crippen LogP) is 10.4. The van der Waals surface area contributed by atoms with Gasteiger partial charge in [0, 0.05) is 38.4 Å². The van der Waals surface area contributed by atoms with E-state index in [1.54, 1.807) is 45.3 Å². The molecule has 0 spiro atoms. The first-order chi connectivity index (χ1) is 22.6. The Morgan fingerprint density at radius 3 is 1.52 bits per heavy atom. The van der Waals surface area contributed by atoms with E-state index in [2.05, 4.69) is 118 Å². The van der Waals surface area contributed by atoms with Gasteiger partial charge in [-0.3, -0.25) is 9.98 Å². The van der Waals surface area contributed by atoms with Crippen LogP contribution in [-0.2, 0) is 25.7 Å². The van der Waals surface area contributed by atoms with E-state index < -0.39 is 0 Å². The third-order valence-electron chi connectivity index (χ3n) is 7.38. The fraction of sp³-hybridized carbons (Fsp3) is 0.135. The molecule has 2 aromatic carbocycles. The minimum absolute atomic E-state index is 0.102. The van der Waals surface area contributed by atoms with Gasteiger partial charge in [0.25, 0.3) is 0 Å². The van der Waals surface area contributed by atoms with Gasteiger partial charge in [-0.2, -0.15) is 0 Å². The molecule has 1 atom stereocenters. The molecule has 0 saturated carbocycles. The molecule has 0 aliphatic heterocycles. The van der Waals surface area contributed by atoms with Gasteiger partial charge in [0.15, 0.2) is 0 Å². The lowest BCUT2D eigenvalue weighted by molar-refractivity contribution is 0.665. The molecule has 0 bridgehead atoms. The Morgan fingerprint density at radius 2 is 1.04 bits per heavy atom. The molecule has 0 amide bonds. The van der Waals surface area contributed by atoms with Crippen LogP contribution in [0.1, 0.15) is 30.6 Å². The minimum atomic E-state index is -0.102. The number of thiophene rings is 4. The smallest absolute Gasteiger partial charge is 0.0892 e. The summed E-state index contributed by atoms with van der Waals surface area (Å²) in [7, 11) is 0. The Hall–Kier alpha value is -4.12. The van der Waals surface area contributed by atoms with Gasteiger partial charge in [-0.15, -0.1) is 45.3 Å². The molecule has 9 heteroatoms. The van der Waals surface area contributed by atoms with Crippen molar-refractivity contribution in [2.75, 3.05) is 0 Å². The van der Waals surface area contributed by atoms with E-state index in [-0.39, 0.29) is 6.04 Å². The van der Waals surface area contributed by atoms with Crippen molar-refractivity contribution in [3.8, 4) is 0 Å². The van der Waals surface area contributed by atoms with Crippen LogP contribution in [0.2, 0.25) is 0 Å². The van der Waals surface area contributed by atoms with Crippen LogP contribution < -0.4 is 5.73 Å². The van der Waals surface area contributed by atoms with Gasteiger partial charge in [-0.25, -0.2) is 9.98 Å². The molecule has 6 rings (SSSR count). The van der Waals surface area contributed by atoms with Crippen LogP contribution in [-0.4, -0.2) is 30.9 Å². The topological polar surface area (TPSA) is 75.5 Å². The van der Waals surface area contributed by atoms with Crippen molar-refractivity contribution in [1.29, 1.82) is 0 Å². The third kappa shape index (κ3) is 8.17. The average molecular weight is 676 g/mol. The van der Waals surface area contributed by atoms with Crippen LogP contribution in [0.25, 0.3) is 0 Å². The van der Waals surface area contributed by atoms with E-state index in [4.69, 9.17) is 15.7 Å². The maximum Gasteiger partial charge on any atom is 0.0892 e. The third-order valence-corrected chi connectivity index (χ3v) is 11.0. The summed E-state index contributed by atoms with van der Waals surface area (Å²) in [6.45, 7) is 7.64. The summed E-state index contributed by atoms with van der Waals surface area (Å²) < 4.78 is 0.